The number of hydrogen-bond acceptors (Lipinski definition) is 4. The zero-order valence-electron chi connectivity index (χ0n) is 14.6. The highest BCUT2D eigenvalue weighted by Gasteiger charge is 2.16. The molecular weight excluding hydrogens is 471 g/mol. The van der Waals surface area contributed by atoms with Crippen molar-refractivity contribution in [2.24, 2.45) is 10.7 Å². The number of aliphatic imine (C=N–C) groups is 1. The molecule has 1 saturated heterocycles. The number of rotatable bonds is 6. The van der Waals surface area contributed by atoms with Gasteiger partial charge >= 0.3 is 0 Å². The van der Waals surface area contributed by atoms with Crippen molar-refractivity contribution in [1.29, 1.82) is 0 Å². The minimum Gasteiger partial charge on any atom is -0.370 e. The molecule has 1 aliphatic rings. The molecule has 0 atom stereocenters. The largest absolute Gasteiger partial charge is 0.370 e. The lowest BCUT2D eigenvalue weighted by Crippen LogP contribution is -2.42. The quantitative estimate of drug-likeness (QED) is 0.356. The standard InChI is InChI=1S/C16H26N4O2S2.HI/c1-13(2)19-24(21,22)12-15-6-4-3-5-14(15)11-18-16(17)20-7-9-23-10-8-20;/h3-6,13,19H,7-12H2,1-2H3,(H2,17,18);1H. The van der Waals surface area contributed by atoms with Crippen LogP contribution in [0.1, 0.15) is 25.0 Å². The summed E-state index contributed by atoms with van der Waals surface area (Å²) >= 11 is 1.92. The Labute approximate surface area is 172 Å². The summed E-state index contributed by atoms with van der Waals surface area (Å²) < 4.78 is 26.9. The molecule has 0 unspecified atom stereocenters. The molecule has 6 nitrogen and oxygen atoms in total. The third-order valence-electron chi connectivity index (χ3n) is 3.63. The maximum atomic E-state index is 12.2. The molecule has 3 N–H and O–H groups in total. The molecule has 0 amide bonds. The van der Waals surface area contributed by atoms with Gasteiger partial charge < -0.3 is 10.6 Å². The molecule has 1 aliphatic heterocycles. The number of nitrogens with one attached hydrogen (secondary N) is 1. The summed E-state index contributed by atoms with van der Waals surface area (Å²) in [4.78, 5) is 6.55. The van der Waals surface area contributed by atoms with Crippen LogP contribution in [0.3, 0.4) is 0 Å². The van der Waals surface area contributed by atoms with Gasteiger partial charge in [-0.1, -0.05) is 24.3 Å². The lowest BCUT2D eigenvalue weighted by atomic mass is 10.1. The average Bonchev–Trinajstić information content (AvgIpc) is 2.53. The number of halogens is 1. The first-order valence-electron chi connectivity index (χ1n) is 8.07. The Morgan fingerprint density at radius 1 is 1.28 bits per heavy atom. The van der Waals surface area contributed by atoms with Crippen LogP contribution in [0.5, 0.6) is 0 Å². The molecule has 1 aromatic carbocycles. The summed E-state index contributed by atoms with van der Waals surface area (Å²) in [5.74, 6) is 2.61. The second-order valence-electron chi connectivity index (χ2n) is 6.07. The van der Waals surface area contributed by atoms with E-state index in [0.29, 0.717) is 12.5 Å². The molecule has 25 heavy (non-hydrogen) atoms. The van der Waals surface area contributed by atoms with Crippen molar-refractivity contribution >= 4 is 51.7 Å². The molecule has 0 aliphatic carbocycles. The summed E-state index contributed by atoms with van der Waals surface area (Å²) in [7, 11) is -3.36. The predicted octanol–water partition coefficient (Wildman–Crippen LogP) is 2.00. The number of nitrogens with zero attached hydrogens (tertiary/aromatic N) is 2. The van der Waals surface area contributed by atoms with E-state index in [0.717, 1.165) is 35.7 Å². The molecule has 0 radical (unpaired) electrons. The van der Waals surface area contributed by atoms with Gasteiger partial charge in [-0.05, 0) is 25.0 Å². The van der Waals surface area contributed by atoms with Crippen molar-refractivity contribution in [3.05, 3.63) is 35.4 Å². The van der Waals surface area contributed by atoms with E-state index in [1.807, 2.05) is 49.9 Å². The number of benzene rings is 1. The fourth-order valence-electron chi connectivity index (χ4n) is 2.52. The predicted molar refractivity (Wildman–Crippen MR) is 117 cm³/mol. The third-order valence-corrected chi connectivity index (χ3v) is 6.09. The van der Waals surface area contributed by atoms with Gasteiger partial charge in [0.25, 0.3) is 0 Å². The highest BCUT2D eigenvalue weighted by atomic mass is 127. The maximum absolute atomic E-state index is 12.2. The topological polar surface area (TPSA) is 87.8 Å². The SMILES string of the molecule is CC(C)NS(=O)(=O)Cc1ccccc1CN=C(N)N1CCSCC1.I. The first-order valence-corrected chi connectivity index (χ1v) is 10.9. The van der Waals surface area contributed by atoms with E-state index in [9.17, 15) is 8.42 Å². The molecule has 9 heteroatoms. The number of guanidine groups is 1. The molecule has 2 rings (SSSR count). The Morgan fingerprint density at radius 2 is 1.88 bits per heavy atom. The van der Waals surface area contributed by atoms with E-state index in [1.165, 1.54) is 0 Å². The molecule has 0 saturated carbocycles. The minimum absolute atomic E-state index is 0. The first-order chi connectivity index (χ1) is 11.4. The van der Waals surface area contributed by atoms with Crippen LogP contribution >= 0.6 is 35.7 Å². The van der Waals surface area contributed by atoms with Gasteiger partial charge in [-0.3, -0.25) is 0 Å². The Morgan fingerprint density at radius 3 is 2.48 bits per heavy atom. The molecule has 0 spiro atoms. The Hall–Kier alpha value is -0.520. The van der Waals surface area contributed by atoms with Crippen molar-refractivity contribution in [2.45, 2.75) is 32.2 Å². The number of sulfonamides is 1. The van der Waals surface area contributed by atoms with Crippen molar-refractivity contribution in [3.8, 4) is 0 Å². The van der Waals surface area contributed by atoms with Crippen LogP contribution in [-0.2, 0) is 22.3 Å². The van der Waals surface area contributed by atoms with Gasteiger partial charge in [0, 0.05) is 30.6 Å². The van der Waals surface area contributed by atoms with Crippen molar-refractivity contribution in [1.82, 2.24) is 9.62 Å². The molecular formula is C16H27IN4O2S2. The fourth-order valence-corrected chi connectivity index (χ4v) is 4.91. The van der Waals surface area contributed by atoms with E-state index in [1.54, 1.807) is 0 Å². The first kappa shape index (κ1) is 22.5. The summed E-state index contributed by atoms with van der Waals surface area (Å²) in [6.07, 6.45) is 0. The van der Waals surface area contributed by atoms with Crippen molar-refractivity contribution < 1.29 is 8.42 Å². The fraction of sp³-hybridized carbons (Fsp3) is 0.562. The number of hydrogen-bond donors (Lipinski definition) is 2. The van der Waals surface area contributed by atoms with Gasteiger partial charge in [0.1, 0.15) is 0 Å². The van der Waals surface area contributed by atoms with E-state index >= 15 is 0 Å². The molecule has 1 heterocycles. The van der Waals surface area contributed by atoms with E-state index in [4.69, 9.17) is 5.73 Å². The van der Waals surface area contributed by atoms with Gasteiger partial charge in [0.15, 0.2) is 5.96 Å². The summed E-state index contributed by atoms with van der Waals surface area (Å²) in [6, 6.07) is 7.36. The molecule has 0 bridgehead atoms. The highest BCUT2D eigenvalue weighted by Crippen LogP contribution is 2.14. The van der Waals surface area contributed by atoms with Gasteiger partial charge in [0.2, 0.25) is 10.0 Å². The third kappa shape index (κ3) is 7.71. The van der Waals surface area contributed by atoms with E-state index in [2.05, 4.69) is 14.6 Å². The summed E-state index contributed by atoms with van der Waals surface area (Å²) in [5, 5.41) is 0. The second-order valence-corrected chi connectivity index (χ2v) is 9.05. The van der Waals surface area contributed by atoms with Gasteiger partial charge in [0.05, 0.1) is 12.3 Å². The summed E-state index contributed by atoms with van der Waals surface area (Å²) in [6.45, 7) is 5.84. The highest BCUT2D eigenvalue weighted by molar-refractivity contribution is 14.0. The number of nitrogens with two attached hydrogens (primary N) is 1. The second kappa shape index (κ2) is 10.6. The molecule has 142 valence electrons. The monoisotopic (exact) mass is 498 g/mol. The van der Waals surface area contributed by atoms with Crippen LogP contribution in [0.25, 0.3) is 0 Å². The van der Waals surface area contributed by atoms with E-state index < -0.39 is 10.0 Å². The van der Waals surface area contributed by atoms with Crippen LogP contribution in [0.2, 0.25) is 0 Å². The smallest absolute Gasteiger partial charge is 0.216 e. The van der Waals surface area contributed by atoms with Gasteiger partial charge in [-0.25, -0.2) is 18.1 Å². The average molecular weight is 498 g/mol. The lowest BCUT2D eigenvalue weighted by Gasteiger charge is -2.27. The molecule has 1 aromatic rings. The molecule has 0 aromatic heterocycles. The van der Waals surface area contributed by atoms with Crippen molar-refractivity contribution in [2.75, 3.05) is 24.6 Å². The lowest BCUT2D eigenvalue weighted by molar-refractivity contribution is 0.455. The summed E-state index contributed by atoms with van der Waals surface area (Å²) in [5.41, 5.74) is 7.73. The zero-order chi connectivity index (χ0) is 17.6. The van der Waals surface area contributed by atoms with Gasteiger partial charge in [-0.15, -0.1) is 24.0 Å². The Kier molecular flexibility index (Phi) is 9.54. The molecule has 1 fully saturated rings. The van der Waals surface area contributed by atoms with Gasteiger partial charge in [-0.2, -0.15) is 11.8 Å². The van der Waals surface area contributed by atoms with Crippen LogP contribution in [0, 0.1) is 0 Å². The maximum Gasteiger partial charge on any atom is 0.216 e. The Bertz CT molecular complexity index is 674. The minimum atomic E-state index is -3.36. The van der Waals surface area contributed by atoms with Crippen LogP contribution in [-0.4, -0.2) is 49.9 Å². The normalized spacial score (nSPS) is 16.0. The Balaban J connectivity index is 0.00000312. The number of thioether (sulfide) groups is 1. The van der Waals surface area contributed by atoms with E-state index in [-0.39, 0.29) is 35.8 Å². The van der Waals surface area contributed by atoms with Crippen LogP contribution < -0.4 is 10.5 Å². The van der Waals surface area contributed by atoms with Crippen molar-refractivity contribution in [3.63, 3.8) is 0 Å². The van der Waals surface area contributed by atoms with Crippen LogP contribution in [0.15, 0.2) is 29.3 Å². The zero-order valence-corrected chi connectivity index (χ0v) is 18.6. The van der Waals surface area contributed by atoms with Crippen LogP contribution in [0.4, 0.5) is 0 Å².